The largest absolute Gasteiger partial charge is 0.418 e. The third-order valence-electron chi connectivity index (χ3n) is 5.08. The van der Waals surface area contributed by atoms with Crippen LogP contribution in [0.15, 0.2) is 72.9 Å². The van der Waals surface area contributed by atoms with Gasteiger partial charge in [-0.25, -0.2) is 0 Å². The molecule has 0 bridgehead atoms. The summed E-state index contributed by atoms with van der Waals surface area (Å²) in [5, 5.41) is 12.8. The highest BCUT2D eigenvalue weighted by Crippen LogP contribution is 2.37. The predicted octanol–water partition coefficient (Wildman–Crippen LogP) is 5.87. The molecule has 0 saturated carbocycles. The summed E-state index contributed by atoms with van der Waals surface area (Å²) in [6.45, 7) is 0.720. The molecule has 0 unspecified atom stereocenters. The SMILES string of the molecule is OCCc1ccc(CNc2cccc(-c3[c]cnc4c(C(F)(F)F)cccc34)c2)cc1. The van der Waals surface area contributed by atoms with Crippen LogP contribution in [0.5, 0.6) is 0 Å². The van der Waals surface area contributed by atoms with Crippen molar-refractivity contribution in [2.45, 2.75) is 19.1 Å². The Labute approximate surface area is 178 Å². The summed E-state index contributed by atoms with van der Waals surface area (Å²) >= 11 is 0. The van der Waals surface area contributed by atoms with E-state index < -0.39 is 11.7 Å². The van der Waals surface area contributed by atoms with Crippen molar-refractivity contribution in [3.63, 3.8) is 0 Å². The molecule has 0 aliphatic rings. The van der Waals surface area contributed by atoms with Crippen molar-refractivity contribution < 1.29 is 18.3 Å². The zero-order chi connectivity index (χ0) is 21.8. The van der Waals surface area contributed by atoms with Gasteiger partial charge in [0.25, 0.3) is 0 Å². The maximum atomic E-state index is 13.4. The number of aliphatic hydroxyl groups excluding tert-OH is 1. The van der Waals surface area contributed by atoms with Gasteiger partial charge in [-0.2, -0.15) is 13.2 Å². The average Bonchev–Trinajstić information content (AvgIpc) is 2.77. The Morgan fingerprint density at radius 2 is 1.68 bits per heavy atom. The first-order valence-corrected chi connectivity index (χ1v) is 9.85. The smallest absolute Gasteiger partial charge is 0.396 e. The van der Waals surface area contributed by atoms with Gasteiger partial charge in [0, 0.05) is 42.1 Å². The molecule has 3 nitrogen and oxygen atoms in total. The average molecular weight is 421 g/mol. The minimum atomic E-state index is -4.47. The lowest BCUT2D eigenvalue weighted by molar-refractivity contribution is -0.136. The van der Waals surface area contributed by atoms with Crippen LogP contribution in [0.4, 0.5) is 18.9 Å². The van der Waals surface area contributed by atoms with Crippen LogP contribution in [0.1, 0.15) is 16.7 Å². The van der Waals surface area contributed by atoms with E-state index in [0.29, 0.717) is 23.9 Å². The van der Waals surface area contributed by atoms with E-state index in [1.807, 2.05) is 48.5 Å². The van der Waals surface area contributed by atoms with E-state index in [0.717, 1.165) is 28.4 Å². The van der Waals surface area contributed by atoms with Gasteiger partial charge in [0.05, 0.1) is 11.1 Å². The van der Waals surface area contributed by atoms with Gasteiger partial charge in [-0.3, -0.25) is 4.98 Å². The van der Waals surface area contributed by atoms with E-state index in [1.54, 1.807) is 6.07 Å². The highest BCUT2D eigenvalue weighted by molar-refractivity contribution is 5.96. The fourth-order valence-corrected chi connectivity index (χ4v) is 3.53. The van der Waals surface area contributed by atoms with Crippen LogP contribution in [-0.4, -0.2) is 16.7 Å². The van der Waals surface area contributed by atoms with Gasteiger partial charge >= 0.3 is 6.18 Å². The maximum absolute atomic E-state index is 13.4. The molecular weight excluding hydrogens is 401 g/mol. The molecule has 0 amide bonds. The van der Waals surface area contributed by atoms with Gasteiger partial charge < -0.3 is 10.4 Å². The van der Waals surface area contributed by atoms with Gasteiger partial charge in [0.1, 0.15) is 0 Å². The molecule has 4 rings (SSSR count). The molecule has 2 N–H and O–H groups in total. The molecule has 0 spiro atoms. The van der Waals surface area contributed by atoms with Crippen LogP contribution in [0.3, 0.4) is 0 Å². The van der Waals surface area contributed by atoms with E-state index in [-0.39, 0.29) is 12.1 Å². The fourth-order valence-electron chi connectivity index (χ4n) is 3.53. The van der Waals surface area contributed by atoms with E-state index in [4.69, 9.17) is 5.11 Å². The Balaban J connectivity index is 1.60. The molecule has 4 aromatic rings. The van der Waals surface area contributed by atoms with Gasteiger partial charge in [-0.05, 0) is 41.3 Å². The molecular formula is C25H20F3N2O. The first-order chi connectivity index (χ1) is 15.0. The number of halogens is 3. The summed E-state index contributed by atoms with van der Waals surface area (Å²) in [4.78, 5) is 3.95. The van der Waals surface area contributed by atoms with E-state index in [2.05, 4.69) is 16.4 Å². The Morgan fingerprint density at radius 1 is 0.935 bits per heavy atom. The third-order valence-corrected chi connectivity index (χ3v) is 5.08. The van der Waals surface area contributed by atoms with E-state index in [1.165, 1.54) is 12.3 Å². The van der Waals surface area contributed by atoms with Crippen molar-refractivity contribution in [1.29, 1.82) is 0 Å². The molecule has 31 heavy (non-hydrogen) atoms. The number of anilines is 1. The van der Waals surface area contributed by atoms with Crippen LogP contribution in [0.25, 0.3) is 22.0 Å². The number of hydrogen-bond donors (Lipinski definition) is 2. The lowest BCUT2D eigenvalue weighted by Crippen LogP contribution is -2.06. The molecule has 3 aromatic carbocycles. The molecule has 0 saturated heterocycles. The van der Waals surface area contributed by atoms with Crippen LogP contribution >= 0.6 is 0 Å². The van der Waals surface area contributed by atoms with Gasteiger partial charge in [0.15, 0.2) is 0 Å². The van der Waals surface area contributed by atoms with Crippen molar-refractivity contribution in [2.75, 3.05) is 11.9 Å². The molecule has 1 radical (unpaired) electrons. The Bertz CT molecular complexity index is 1190. The molecule has 0 aliphatic carbocycles. The maximum Gasteiger partial charge on any atom is 0.418 e. The molecule has 0 fully saturated rings. The number of aromatic nitrogens is 1. The zero-order valence-corrected chi connectivity index (χ0v) is 16.6. The topological polar surface area (TPSA) is 45.1 Å². The van der Waals surface area contributed by atoms with Gasteiger partial charge in [0.2, 0.25) is 0 Å². The summed E-state index contributed by atoms with van der Waals surface area (Å²) in [6, 6.07) is 22.6. The zero-order valence-electron chi connectivity index (χ0n) is 16.6. The van der Waals surface area contributed by atoms with Crippen LogP contribution in [-0.2, 0) is 19.1 Å². The third kappa shape index (κ3) is 4.70. The number of benzene rings is 3. The van der Waals surface area contributed by atoms with E-state index >= 15 is 0 Å². The number of para-hydroxylation sites is 1. The van der Waals surface area contributed by atoms with Gasteiger partial charge in [-0.1, -0.05) is 48.5 Å². The standard InChI is InChI=1S/C25H20F3N2O/c26-25(27,28)23-6-2-5-22-21(11-13-29-24(22)23)19-3-1-4-20(15-19)30-16-18-9-7-17(8-10-18)12-14-31/h1-10,13,15,30-31H,12,14,16H2. The first-order valence-electron chi connectivity index (χ1n) is 9.85. The number of hydrogen-bond acceptors (Lipinski definition) is 3. The molecule has 157 valence electrons. The highest BCUT2D eigenvalue weighted by Gasteiger charge is 2.33. The minimum Gasteiger partial charge on any atom is -0.396 e. The second-order valence-corrected chi connectivity index (χ2v) is 7.20. The normalized spacial score (nSPS) is 11.6. The predicted molar refractivity (Wildman–Crippen MR) is 116 cm³/mol. The fraction of sp³-hybridized carbons (Fsp3) is 0.160. The number of rotatable bonds is 6. The van der Waals surface area contributed by atoms with Crippen molar-refractivity contribution in [2.24, 2.45) is 0 Å². The van der Waals surface area contributed by atoms with Crippen LogP contribution < -0.4 is 5.32 Å². The van der Waals surface area contributed by atoms with Crippen LogP contribution in [0.2, 0.25) is 0 Å². The second kappa shape index (κ2) is 8.78. The lowest BCUT2D eigenvalue weighted by atomic mass is 9.98. The Kier molecular flexibility index (Phi) is 5.91. The molecule has 0 atom stereocenters. The van der Waals surface area contributed by atoms with Crippen molar-refractivity contribution in [3.8, 4) is 11.1 Å². The minimum absolute atomic E-state index is 0.0786. The number of nitrogens with one attached hydrogen (secondary N) is 1. The van der Waals surface area contributed by atoms with Crippen molar-refractivity contribution in [3.05, 3.63) is 95.7 Å². The second-order valence-electron chi connectivity index (χ2n) is 7.20. The summed E-state index contributed by atoms with van der Waals surface area (Å²) in [5.74, 6) is 0. The Hall–Kier alpha value is -3.38. The monoisotopic (exact) mass is 421 g/mol. The number of alkyl halides is 3. The van der Waals surface area contributed by atoms with Crippen LogP contribution in [0, 0.1) is 6.07 Å². The summed E-state index contributed by atoms with van der Waals surface area (Å²) < 4.78 is 40.1. The van der Waals surface area contributed by atoms with Gasteiger partial charge in [-0.15, -0.1) is 0 Å². The number of pyridine rings is 1. The molecule has 0 aliphatic heterocycles. The Morgan fingerprint density at radius 3 is 2.42 bits per heavy atom. The number of aliphatic hydroxyl groups is 1. The first kappa shape index (κ1) is 20.9. The van der Waals surface area contributed by atoms with Crippen molar-refractivity contribution in [1.82, 2.24) is 4.98 Å². The molecule has 6 heteroatoms. The lowest BCUT2D eigenvalue weighted by Gasteiger charge is -2.13. The number of nitrogens with zero attached hydrogens (tertiary/aromatic N) is 1. The molecule has 1 heterocycles. The number of fused-ring (bicyclic) bond motifs is 1. The summed E-state index contributed by atoms with van der Waals surface area (Å²) in [6.07, 6.45) is -2.55. The molecule has 1 aromatic heterocycles. The van der Waals surface area contributed by atoms with Crippen molar-refractivity contribution >= 4 is 16.6 Å². The van der Waals surface area contributed by atoms with E-state index in [9.17, 15) is 13.2 Å². The summed E-state index contributed by atoms with van der Waals surface area (Å²) in [5.41, 5.74) is 3.52. The quantitative estimate of drug-likeness (QED) is 0.409. The highest BCUT2D eigenvalue weighted by atomic mass is 19.4. The summed E-state index contributed by atoms with van der Waals surface area (Å²) in [7, 11) is 0.